The van der Waals surface area contributed by atoms with E-state index in [2.05, 4.69) is 21.7 Å². The molecule has 7 nitrogen and oxygen atoms in total. The van der Waals surface area contributed by atoms with E-state index in [4.69, 9.17) is 9.72 Å². The molecular formula is C26H29N5O2. The first-order valence-electron chi connectivity index (χ1n) is 11.0. The molecule has 170 valence electrons. The Morgan fingerprint density at radius 3 is 2.91 bits per heavy atom. The molecule has 2 aromatic carbocycles. The van der Waals surface area contributed by atoms with Gasteiger partial charge in [-0.25, -0.2) is 9.97 Å². The predicted molar refractivity (Wildman–Crippen MR) is 130 cm³/mol. The van der Waals surface area contributed by atoms with E-state index in [0.717, 1.165) is 40.2 Å². The number of benzene rings is 2. The number of aryl methyl sites for hydroxylation is 1. The number of rotatable bonds is 4. The Hall–Kier alpha value is -3.71. The Labute approximate surface area is 194 Å². The number of fused-ring (bicyclic) bond motifs is 7. The molecule has 0 saturated carbocycles. The zero-order chi connectivity index (χ0) is 23.2. The lowest BCUT2D eigenvalue weighted by Crippen LogP contribution is -2.31. The molecule has 1 aliphatic rings. The van der Waals surface area contributed by atoms with E-state index in [1.165, 1.54) is 0 Å². The number of amides is 1. The van der Waals surface area contributed by atoms with E-state index in [1.807, 2.05) is 74.6 Å². The first-order chi connectivity index (χ1) is 16.0. The van der Waals surface area contributed by atoms with Crippen LogP contribution >= 0.6 is 0 Å². The van der Waals surface area contributed by atoms with Crippen LogP contribution in [0.2, 0.25) is 0 Å². The van der Waals surface area contributed by atoms with Gasteiger partial charge in [0.15, 0.2) is 0 Å². The summed E-state index contributed by atoms with van der Waals surface area (Å²) in [4.78, 5) is 24.1. The Morgan fingerprint density at radius 1 is 1.18 bits per heavy atom. The van der Waals surface area contributed by atoms with Crippen LogP contribution in [0.15, 0.2) is 61.0 Å². The maximum Gasteiger partial charge on any atom is 0.251 e. The molecule has 0 spiro atoms. The summed E-state index contributed by atoms with van der Waals surface area (Å²) in [6.07, 6.45) is 6.12. The fraction of sp³-hybridized carbons (Fsp3) is 0.269. The summed E-state index contributed by atoms with van der Waals surface area (Å²) in [5.74, 6) is 0.375. The van der Waals surface area contributed by atoms with E-state index in [0.29, 0.717) is 31.1 Å². The van der Waals surface area contributed by atoms with Crippen LogP contribution in [0.25, 0.3) is 11.3 Å². The SMILES string of the molecule is Cc1cnc2nc1-c1cccc(c1)CO/C=C/Cc1cc(cc(C(=O)NCCN(C)C)c1)N2. The van der Waals surface area contributed by atoms with Gasteiger partial charge in [-0.3, -0.25) is 4.79 Å². The first kappa shape index (κ1) is 22.5. The number of nitrogens with one attached hydrogen (secondary N) is 2. The summed E-state index contributed by atoms with van der Waals surface area (Å²) in [6.45, 7) is 3.82. The number of hydrogen-bond acceptors (Lipinski definition) is 6. The minimum atomic E-state index is -0.110. The van der Waals surface area contributed by atoms with Crippen LogP contribution in [0, 0.1) is 6.92 Å². The topological polar surface area (TPSA) is 79.4 Å². The zero-order valence-corrected chi connectivity index (χ0v) is 19.3. The number of carbonyl (C=O) groups excluding carboxylic acids is 1. The summed E-state index contributed by atoms with van der Waals surface area (Å²) >= 11 is 0. The lowest BCUT2D eigenvalue weighted by molar-refractivity contribution is 0.0951. The molecule has 33 heavy (non-hydrogen) atoms. The molecule has 7 heteroatoms. The second-order valence-electron chi connectivity index (χ2n) is 8.42. The van der Waals surface area contributed by atoms with Gasteiger partial charge in [0.2, 0.25) is 5.95 Å². The number of nitrogens with zero attached hydrogens (tertiary/aromatic N) is 3. The van der Waals surface area contributed by atoms with E-state index in [1.54, 1.807) is 6.26 Å². The van der Waals surface area contributed by atoms with Crippen molar-refractivity contribution in [1.29, 1.82) is 0 Å². The molecule has 1 amide bonds. The van der Waals surface area contributed by atoms with Gasteiger partial charge >= 0.3 is 0 Å². The van der Waals surface area contributed by atoms with Gasteiger partial charge in [-0.2, -0.15) is 0 Å². The van der Waals surface area contributed by atoms with Crippen LogP contribution in [0.4, 0.5) is 11.6 Å². The molecular weight excluding hydrogens is 414 g/mol. The fourth-order valence-electron chi connectivity index (χ4n) is 3.64. The fourth-order valence-corrected chi connectivity index (χ4v) is 3.64. The monoisotopic (exact) mass is 443 g/mol. The number of carbonyl (C=O) groups is 1. The second kappa shape index (κ2) is 10.3. The third-order valence-electron chi connectivity index (χ3n) is 5.32. The number of ether oxygens (including phenoxy) is 1. The number of aromatic nitrogens is 2. The quantitative estimate of drug-likeness (QED) is 0.633. The molecule has 0 aliphatic carbocycles. The van der Waals surface area contributed by atoms with Gasteiger partial charge in [-0.15, -0.1) is 0 Å². The van der Waals surface area contributed by atoms with Crippen LogP contribution in [0.1, 0.15) is 27.0 Å². The summed E-state index contributed by atoms with van der Waals surface area (Å²) in [7, 11) is 3.96. The predicted octanol–water partition coefficient (Wildman–Crippen LogP) is 4.07. The van der Waals surface area contributed by atoms with Crippen molar-refractivity contribution in [3.63, 3.8) is 0 Å². The lowest BCUT2D eigenvalue weighted by atomic mass is 10.1. The summed E-state index contributed by atoms with van der Waals surface area (Å²) in [5, 5.41) is 6.27. The molecule has 0 unspecified atom stereocenters. The van der Waals surface area contributed by atoms with Gasteiger partial charge in [0.1, 0.15) is 6.61 Å². The minimum Gasteiger partial charge on any atom is -0.497 e. The van der Waals surface area contributed by atoms with Gasteiger partial charge < -0.3 is 20.3 Å². The highest BCUT2D eigenvalue weighted by molar-refractivity contribution is 5.95. The van der Waals surface area contributed by atoms with Gasteiger partial charge in [-0.05, 0) is 74.5 Å². The first-order valence-corrected chi connectivity index (χ1v) is 11.0. The third kappa shape index (κ3) is 5.96. The van der Waals surface area contributed by atoms with Gasteiger partial charge in [0.05, 0.1) is 12.0 Å². The molecule has 2 N–H and O–H groups in total. The largest absolute Gasteiger partial charge is 0.497 e. The number of allylic oxidation sites excluding steroid dienone is 1. The molecule has 3 aromatic rings. The number of hydrogen-bond donors (Lipinski definition) is 2. The van der Waals surface area contributed by atoms with E-state index in [-0.39, 0.29) is 5.91 Å². The number of anilines is 2. The van der Waals surface area contributed by atoms with E-state index >= 15 is 0 Å². The zero-order valence-electron chi connectivity index (χ0n) is 19.3. The van der Waals surface area contributed by atoms with Crippen LogP contribution in [-0.4, -0.2) is 48.0 Å². The molecule has 1 aromatic heterocycles. The summed E-state index contributed by atoms with van der Waals surface area (Å²) in [5.41, 5.74) is 6.25. The lowest BCUT2D eigenvalue weighted by Gasteiger charge is -2.13. The van der Waals surface area contributed by atoms with Gasteiger partial charge in [-0.1, -0.05) is 18.2 Å². The smallest absolute Gasteiger partial charge is 0.251 e. The Kier molecular flexibility index (Phi) is 7.00. The molecule has 0 fully saturated rings. The molecule has 0 radical (unpaired) electrons. The maximum atomic E-state index is 12.8. The normalized spacial score (nSPS) is 13.8. The Balaban J connectivity index is 1.69. The van der Waals surface area contributed by atoms with E-state index < -0.39 is 0 Å². The average molecular weight is 444 g/mol. The van der Waals surface area contributed by atoms with Crippen molar-refractivity contribution in [3.05, 3.63) is 83.3 Å². The average Bonchev–Trinajstić information content (AvgIpc) is 2.79. The van der Waals surface area contributed by atoms with Crippen molar-refractivity contribution in [1.82, 2.24) is 20.2 Å². The number of likely N-dealkylation sites (N-methyl/N-ethyl adjacent to an activating group) is 1. The van der Waals surface area contributed by atoms with Crippen LogP contribution in [0.5, 0.6) is 0 Å². The molecule has 0 atom stereocenters. The van der Waals surface area contributed by atoms with Crippen molar-refractivity contribution >= 4 is 17.5 Å². The molecule has 4 rings (SSSR count). The van der Waals surface area contributed by atoms with Crippen molar-refractivity contribution in [2.24, 2.45) is 0 Å². The highest BCUT2D eigenvalue weighted by atomic mass is 16.5. The minimum absolute atomic E-state index is 0.110. The Bertz CT molecular complexity index is 1170. The highest BCUT2D eigenvalue weighted by Crippen LogP contribution is 2.25. The van der Waals surface area contributed by atoms with Gasteiger partial charge in [0.25, 0.3) is 5.91 Å². The van der Waals surface area contributed by atoms with Crippen molar-refractivity contribution in [2.45, 2.75) is 20.0 Å². The Morgan fingerprint density at radius 2 is 2.06 bits per heavy atom. The van der Waals surface area contributed by atoms with Crippen molar-refractivity contribution in [3.8, 4) is 11.3 Å². The summed E-state index contributed by atoms with van der Waals surface area (Å²) < 4.78 is 5.75. The van der Waals surface area contributed by atoms with Crippen LogP contribution in [-0.2, 0) is 17.8 Å². The third-order valence-corrected chi connectivity index (χ3v) is 5.32. The highest BCUT2D eigenvalue weighted by Gasteiger charge is 2.12. The van der Waals surface area contributed by atoms with Crippen molar-refractivity contribution < 1.29 is 9.53 Å². The molecule has 6 bridgehead atoms. The van der Waals surface area contributed by atoms with Crippen LogP contribution < -0.4 is 10.6 Å². The van der Waals surface area contributed by atoms with Gasteiger partial charge in [0, 0.05) is 36.1 Å². The standard InChI is InChI=1S/C26H29N5O2/c1-18-16-28-26-29-23-14-19(12-22(15-23)25(32)27-9-10-31(2)3)7-5-11-33-17-20-6-4-8-21(13-20)24(18)30-26/h4-6,8,11-16H,7,9-10,17H2,1-3H3,(H,27,32)(H,28,29,30)/b11-5+. The van der Waals surface area contributed by atoms with Crippen LogP contribution in [0.3, 0.4) is 0 Å². The van der Waals surface area contributed by atoms with E-state index in [9.17, 15) is 4.79 Å². The summed E-state index contributed by atoms with van der Waals surface area (Å²) in [6, 6.07) is 13.9. The molecule has 1 aliphatic heterocycles. The molecule has 2 heterocycles. The second-order valence-corrected chi connectivity index (χ2v) is 8.42. The van der Waals surface area contributed by atoms with Crippen molar-refractivity contribution in [2.75, 3.05) is 32.5 Å². The maximum absolute atomic E-state index is 12.8. The molecule has 0 saturated heterocycles.